The van der Waals surface area contributed by atoms with Crippen LogP contribution in [0.25, 0.3) is 6.08 Å². The highest BCUT2D eigenvalue weighted by atomic mass is 19.1. The largest absolute Gasteiger partial charge is 0.289 e. The van der Waals surface area contributed by atoms with E-state index in [1.807, 2.05) is 30.3 Å². The van der Waals surface area contributed by atoms with Crippen molar-refractivity contribution >= 4 is 11.9 Å². The van der Waals surface area contributed by atoms with Crippen molar-refractivity contribution in [1.29, 1.82) is 0 Å². The zero-order valence-corrected chi connectivity index (χ0v) is 10.1. The van der Waals surface area contributed by atoms with Gasteiger partial charge in [-0.05, 0) is 42.3 Å². The van der Waals surface area contributed by atoms with Gasteiger partial charge >= 0.3 is 0 Å². The summed E-state index contributed by atoms with van der Waals surface area (Å²) in [5.74, 6) is -0.576. The molecule has 0 aromatic heterocycles. The molecule has 0 aliphatic rings. The molecular weight excluding hydrogens is 227 g/mol. The molecule has 0 heterocycles. The lowest BCUT2D eigenvalue weighted by molar-refractivity contribution is 0.104. The van der Waals surface area contributed by atoms with E-state index in [4.69, 9.17) is 0 Å². The molecular formula is C16H13FO. The van der Waals surface area contributed by atoms with Gasteiger partial charge in [0.05, 0.1) is 0 Å². The van der Waals surface area contributed by atoms with E-state index in [-0.39, 0.29) is 11.6 Å². The van der Waals surface area contributed by atoms with Gasteiger partial charge in [0.1, 0.15) is 5.82 Å². The molecule has 18 heavy (non-hydrogen) atoms. The summed E-state index contributed by atoms with van der Waals surface area (Å²) in [6.07, 6.45) is 3.19. The molecule has 0 aliphatic carbocycles. The molecule has 0 N–H and O–H groups in total. The predicted molar refractivity (Wildman–Crippen MR) is 70.9 cm³/mol. The number of ketones is 1. The summed E-state index contributed by atoms with van der Waals surface area (Å²) in [5.41, 5.74) is 2.06. The zero-order chi connectivity index (χ0) is 13.0. The minimum Gasteiger partial charge on any atom is -0.289 e. The molecule has 1 nitrogen and oxygen atoms in total. The highest BCUT2D eigenvalue weighted by Crippen LogP contribution is 2.10. The van der Waals surface area contributed by atoms with Crippen LogP contribution in [-0.2, 0) is 0 Å². The van der Waals surface area contributed by atoms with E-state index in [0.717, 1.165) is 11.1 Å². The molecule has 0 fully saturated rings. The maximum Gasteiger partial charge on any atom is 0.185 e. The molecule has 2 heteroatoms. The Labute approximate surface area is 106 Å². The average molecular weight is 240 g/mol. The highest BCUT2D eigenvalue weighted by Gasteiger charge is 2.04. The summed E-state index contributed by atoms with van der Waals surface area (Å²) in [4.78, 5) is 11.9. The van der Waals surface area contributed by atoms with E-state index in [1.54, 1.807) is 19.1 Å². The standard InChI is InChI=1S/C16H13FO/c1-12-9-14(11-15(17)10-12)16(18)8-7-13-5-3-2-4-6-13/h2-11H,1H3/b8-7+. The van der Waals surface area contributed by atoms with Crippen molar-refractivity contribution in [2.75, 3.05) is 0 Å². The van der Waals surface area contributed by atoms with Crippen molar-refractivity contribution in [3.8, 4) is 0 Å². The van der Waals surface area contributed by atoms with Gasteiger partial charge in [0, 0.05) is 5.56 Å². The molecule has 0 aliphatic heterocycles. The first-order valence-electron chi connectivity index (χ1n) is 5.70. The van der Waals surface area contributed by atoms with Crippen LogP contribution in [0, 0.1) is 12.7 Å². The van der Waals surface area contributed by atoms with Crippen molar-refractivity contribution in [2.45, 2.75) is 6.92 Å². The van der Waals surface area contributed by atoms with Crippen LogP contribution in [0.3, 0.4) is 0 Å². The van der Waals surface area contributed by atoms with Gasteiger partial charge in [-0.25, -0.2) is 4.39 Å². The van der Waals surface area contributed by atoms with Crippen molar-refractivity contribution in [1.82, 2.24) is 0 Å². The number of carbonyl (C=O) groups excluding carboxylic acids is 1. The maximum absolute atomic E-state index is 13.2. The lowest BCUT2D eigenvalue weighted by atomic mass is 10.1. The third kappa shape index (κ3) is 3.14. The summed E-state index contributed by atoms with van der Waals surface area (Å²) in [6, 6.07) is 13.9. The molecule has 90 valence electrons. The maximum atomic E-state index is 13.2. The topological polar surface area (TPSA) is 17.1 Å². The van der Waals surface area contributed by atoms with Gasteiger partial charge in [0.15, 0.2) is 5.78 Å². The zero-order valence-electron chi connectivity index (χ0n) is 10.1. The van der Waals surface area contributed by atoms with Crippen LogP contribution in [0.1, 0.15) is 21.5 Å². The van der Waals surface area contributed by atoms with Crippen LogP contribution in [0.2, 0.25) is 0 Å². The Kier molecular flexibility index (Phi) is 3.68. The number of allylic oxidation sites excluding steroid dienone is 1. The number of halogens is 1. The number of hydrogen-bond acceptors (Lipinski definition) is 1. The Balaban J connectivity index is 2.20. The Morgan fingerprint density at radius 1 is 1.11 bits per heavy atom. The summed E-state index contributed by atoms with van der Waals surface area (Å²) >= 11 is 0. The first-order chi connectivity index (χ1) is 8.65. The van der Waals surface area contributed by atoms with Gasteiger partial charge in [-0.1, -0.05) is 36.4 Å². The van der Waals surface area contributed by atoms with E-state index in [2.05, 4.69) is 0 Å². The van der Waals surface area contributed by atoms with Crippen molar-refractivity contribution in [3.63, 3.8) is 0 Å². The van der Waals surface area contributed by atoms with Crippen molar-refractivity contribution in [3.05, 3.63) is 77.1 Å². The quantitative estimate of drug-likeness (QED) is 0.584. The van der Waals surface area contributed by atoms with Gasteiger partial charge in [-0.3, -0.25) is 4.79 Å². The normalized spacial score (nSPS) is 10.8. The van der Waals surface area contributed by atoms with Crippen molar-refractivity contribution < 1.29 is 9.18 Å². The molecule has 2 aromatic carbocycles. The molecule has 0 radical (unpaired) electrons. The molecule has 2 aromatic rings. The van der Waals surface area contributed by atoms with E-state index < -0.39 is 0 Å². The summed E-state index contributed by atoms with van der Waals surface area (Å²) in [6.45, 7) is 1.76. The van der Waals surface area contributed by atoms with Gasteiger partial charge < -0.3 is 0 Å². The number of carbonyl (C=O) groups is 1. The lowest BCUT2D eigenvalue weighted by Crippen LogP contribution is -1.96. The minimum atomic E-state index is -0.383. The second kappa shape index (κ2) is 5.41. The second-order valence-corrected chi connectivity index (χ2v) is 4.13. The first kappa shape index (κ1) is 12.2. The van der Waals surface area contributed by atoms with E-state index >= 15 is 0 Å². The van der Waals surface area contributed by atoms with E-state index in [1.165, 1.54) is 18.2 Å². The fourth-order valence-corrected chi connectivity index (χ4v) is 1.71. The first-order valence-corrected chi connectivity index (χ1v) is 5.70. The van der Waals surface area contributed by atoms with E-state index in [0.29, 0.717) is 5.56 Å². The van der Waals surface area contributed by atoms with Gasteiger partial charge in [0.25, 0.3) is 0 Å². The third-order valence-electron chi connectivity index (χ3n) is 2.55. The molecule has 0 saturated heterocycles. The Morgan fingerprint density at radius 2 is 1.83 bits per heavy atom. The van der Waals surface area contributed by atoms with E-state index in [9.17, 15) is 9.18 Å². The predicted octanol–water partition coefficient (Wildman–Crippen LogP) is 4.03. The molecule has 0 atom stereocenters. The van der Waals surface area contributed by atoms with Crippen molar-refractivity contribution in [2.24, 2.45) is 0 Å². The molecule has 0 bridgehead atoms. The minimum absolute atomic E-state index is 0.193. The van der Waals surface area contributed by atoms with Crippen LogP contribution < -0.4 is 0 Å². The fraction of sp³-hybridized carbons (Fsp3) is 0.0625. The van der Waals surface area contributed by atoms with Crippen LogP contribution >= 0.6 is 0 Å². The molecule has 0 saturated carbocycles. The van der Waals surface area contributed by atoms with Gasteiger partial charge in [0.2, 0.25) is 0 Å². The number of benzene rings is 2. The molecule has 0 amide bonds. The Hall–Kier alpha value is -2.22. The Bertz CT molecular complexity index is 565. The number of aryl methyl sites for hydroxylation is 1. The summed E-state index contributed by atoms with van der Waals surface area (Å²) < 4.78 is 13.2. The van der Waals surface area contributed by atoms with Crippen LogP contribution in [0.4, 0.5) is 4.39 Å². The third-order valence-corrected chi connectivity index (χ3v) is 2.55. The Morgan fingerprint density at radius 3 is 2.50 bits per heavy atom. The smallest absolute Gasteiger partial charge is 0.185 e. The molecule has 0 unspecified atom stereocenters. The van der Waals surface area contributed by atoms with Gasteiger partial charge in [-0.2, -0.15) is 0 Å². The molecule has 2 rings (SSSR count). The number of hydrogen-bond donors (Lipinski definition) is 0. The SMILES string of the molecule is Cc1cc(F)cc(C(=O)/C=C/c2ccccc2)c1. The van der Waals surface area contributed by atoms with Crippen LogP contribution in [0.5, 0.6) is 0 Å². The molecule has 0 spiro atoms. The fourth-order valence-electron chi connectivity index (χ4n) is 1.71. The monoisotopic (exact) mass is 240 g/mol. The van der Waals surface area contributed by atoms with Crippen LogP contribution in [0.15, 0.2) is 54.6 Å². The average Bonchev–Trinajstić information content (AvgIpc) is 2.36. The lowest BCUT2D eigenvalue weighted by Gasteiger charge is -1.99. The summed E-state index contributed by atoms with van der Waals surface area (Å²) in [7, 11) is 0. The highest BCUT2D eigenvalue weighted by molar-refractivity contribution is 6.06. The van der Waals surface area contributed by atoms with Gasteiger partial charge in [-0.15, -0.1) is 0 Å². The summed E-state index contributed by atoms with van der Waals surface area (Å²) in [5, 5.41) is 0. The van der Waals surface area contributed by atoms with Crippen LogP contribution in [-0.4, -0.2) is 5.78 Å². The number of rotatable bonds is 3. The second-order valence-electron chi connectivity index (χ2n) is 4.13.